The van der Waals surface area contributed by atoms with E-state index < -0.39 is 35.4 Å². The number of piperazine rings is 1. The molecule has 14 heteroatoms. The number of aromatic nitrogens is 2. The molecule has 3 heterocycles. The van der Waals surface area contributed by atoms with Gasteiger partial charge in [-0.2, -0.15) is 23.3 Å². The Morgan fingerprint density at radius 1 is 1.19 bits per heavy atom. The number of aromatic amines is 1. The SMILES string of the molecule is CC(C)(C)OC(=O)N1CCN(C2=NC(=O)C(=C(Cc3ccc(Cl)cc3C(F)(F)F)c3ccc4[nH]ncc4c3)S2)C(CO)C1. The Bertz CT molecular complexity index is 1630. The number of hydrogen-bond acceptors (Lipinski definition) is 7. The lowest BCUT2D eigenvalue weighted by molar-refractivity contribution is -0.138. The Kier molecular flexibility index (Phi) is 8.52. The average molecular weight is 636 g/mol. The van der Waals surface area contributed by atoms with Crippen LogP contribution in [0.5, 0.6) is 0 Å². The number of amides is 2. The van der Waals surface area contributed by atoms with Gasteiger partial charge in [0, 0.05) is 30.0 Å². The zero-order valence-corrected chi connectivity index (χ0v) is 25.1. The first kappa shape index (κ1) is 30.9. The van der Waals surface area contributed by atoms with E-state index in [1.54, 1.807) is 50.1 Å². The zero-order chi connectivity index (χ0) is 31.1. The maximum atomic E-state index is 14.0. The minimum Gasteiger partial charge on any atom is -0.444 e. The number of rotatable bonds is 4. The highest BCUT2D eigenvalue weighted by molar-refractivity contribution is 8.18. The van der Waals surface area contributed by atoms with Crippen molar-refractivity contribution in [3.8, 4) is 0 Å². The highest BCUT2D eigenvalue weighted by Gasteiger charge is 2.38. The largest absolute Gasteiger partial charge is 0.444 e. The molecule has 228 valence electrons. The molecule has 1 fully saturated rings. The third-order valence-electron chi connectivity index (χ3n) is 6.98. The first-order chi connectivity index (χ1) is 20.2. The number of halogens is 4. The van der Waals surface area contributed by atoms with Crippen LogP contribution in [0.25, 0.3) is 16.5 Å². The van der Waals surface area contributed by atoms with Crippen molar-refractivity contribution >= 4 is 57.0 Å². The molecule has 2 aliphatic heterocycles. The smallest absolute Gasteiger partial charge is 0.416 e. The second kappa shape index (κ2) is 11.9. The maximum Gasteiger partial charge on any atom is 0.416 e. The van der Waals surface area contributed by atoms with Crippen LogP contribution in [-0.4, -0.2) is 80.2 Å². The molecule has 2 N–H and O–H groups in total. The first-order valence-corrected chi connectivity index (χ1v) is 14.6. The summed E-state index contributed by atoms with van der Waals surface area (Å²) in [6, 6.07) is 8.22. The first-order valence-electron chi connectivity index (χ1n) is 13.4. The quantitative estimate of drug-likeness (QED) is 0.352. The highest BCUT2D eigenvalue weighted by Crippen LogP contribution is 2.41. The van der Waals surface area contributed by atoms with E-state index in [0.717, 1.165) is 28.7 Å². The summed E-state index contributed by atoms with van der Waals surface area (Å²) in [5.74, 6) is -0.601. The lowest BCUT2D eigenvalue weighted by atomic mass is 9.93. The molecule has 1 aromatic heterocycles. The van der Waals surface area contributed by atoms with Gasteiger partial charge in [-0.3, -0.25) is 9.89 Å². The maximum absolute atomic E-state index is 14.0. The fraction of sp³-hybridized carbons (Fsp3) is 0.379. The summed E-state index contributed by atoms with van der Waals surface area (Å²) >= 11 is 6.96. The molecule has 0 spiro atoms. The van der Waals surface area contributed by atoms with Gasteiger partial charge in [-0.05, 0) is 79.9 Å². The predicted molar refractivity (Wildman–Crippen MR) is 159 cm³/mol. The number of alkyl halides is 3. The van der Waals surface area contributed by atoms with Gasteiger partial charge in [0.2, 0.25) is 0 Å². The van der Waals surface area contributed by atoms with Crippen molar-refractivity contribution in [2.45, 2.75) is 45.0 Å². The molecular weight excluding hydrogens is 607 g/mol. The minimum atomic E-state index is -4.67. The molecular formula is C29H29ClF3N5O4S. The van der Waals surface area contributed by atoms with E-state index in [1.165, 1.54) is 17.0 Å². The third kappa shape index (κ3) is 6.84. The van der Waals surface area contributed by atoms with Gasteiger partial charge in [0.25, 0.3) is 5.91 Å². The number of aliphatic hydroxyl groups is 1. The van der Waals surface area contributed by atoms with Crippen molar-refractivity contribution in [3.63, 3.8) is 0 Å². The number of ether oxygens (including phenoxy) is 1. The number of nitrogens with zero attached hydrogens (tertiary/aromatic N) is 4. The van der Waals surface area contributed by atoms with Gasteiger partial charge < -0.3 is 19.6 Å². The molecule has 1 unspecified atom stereocenters. The molecule has 5 rings (SSSR count). The number of carbonyl (C=O) groups excluding carboxylic acids is 2. The Labute approximate surface area is 254 Å². The van der Waals surface area contributed by atoms with Crippen molar-refractivity contribution in [3.05, 3.63) is 69.2 Å². The topological polar surface area (TPSA) is 111 Å². The van der Waals surface area contributed by atoms with Gasteiger partial charge in [0.05, 0.1) is 34.8 Å². The van der Waals surface area contributed by atoms with E-state index in [0.29, 0.717) is 16.3 Å². The fourth-order valence-electron chi connectivity index (χ4n) is 4.97. The molecule has 0 saturated carbocycles. The number of aliphatic imine (C=N–C) groups is 1. The number of thioether (sulfide) groups is 1. The molecule has 0 bridgehead atoms. The van der Waals surface area contributed by atoms with Crippen LogP contribution in [0.3, 0.4) is 0 Å². The molecule has 43 heavy (non-hydrogen) atoms. The summed E-state index contributed by atoms with van der Waals surface area (Å²) in [6.07, 6.45) is -3.81. The molecule has 9 nitrogen and oxygen atoms in total. The summed E-state index contributed by atoms with van der Waals surface area (Å²) in [7, 11) is 0. The Morgan fingerprint density at radius 3 is 2.65 bits per heavy atom. The Morgan fingerprint density at radius 2 is 1.95 bits per heavy atom. The summed E-state index contributed by atoms with van der Waals surface area (Å²) < 4.78 is 47.5. The number of fused-ring (bicyclic) bond motifs is 1. The average Bonchev–Trinajstić information content (AvgIpc) is 3.56. The second-order valence-electron chi connectivity index (χ2n) is 11.2. The minimum absolute atomic E-state index is 0.0484. The monoisotopic (exact) mass is 635 g/mol. The van der Waals surface area contributed by atoms with Gasteiger partial charge in [-0.25, -0.2) is 4.79 Å². The predicted octanol–water partition coefficient (Wildman–Crippen LogP) is 5.73. The molecule has 3 aromatic rings. The van der Waals surface area contributed by atoms with Crippen LogP contribution in [0.1, 0.15) is 37.5 Å². The van der Waals surface area contributed by atoms with Crippen LogP contribution in [0.4, 0.5) is 18.0 Å². The fourth-order valence-corrected chi connectivity index (χ4v) is 6.25. The zero-order valence-electron chi connectivity index (χ0n) is 23.5. The third-order valence-corrected chi connectivity index (χ3v) is 8.35. The van der Waals surface area contributed by atoms with Crippen molar-refractivity contribution < 1.29 is 32.6 Å². The van der Waals surface area contributed by atoms with Crippen LogP contribution in [0, 0.1) is 0 Å². The van der Waals surface area contributed by atoms with E-state index >= 15 is 0 Å². The summed E-state index contributed by atoms with van der Waals surface area (Å²) in [5.41, 5.74) is -0.000774. The highest BCUT2D eigenvalue weighted by atomic mass is 35.5. The van der Waals surface area contributed by atoms with Crippen LogP contribution < -0.4 is 0 Å². The summed E-state index contributed by atoms with van der Waals surface area (Å²) in [5, 5.41) is 18.0. The molecule has 2 aliphatic rings. The summed E-state index contributed by atoms with van der Waals surface area (Å²) in [6.45, 7) is 5.63. The van der Waals surface area contributed by atoms with E-state index in [4.69, 9.17) is 16.3 Å². The molecule has 2 amide bonds. The molecule has 1 atom stereocenters. The second-order valence-corrected chi connectivity index (χ2v) is 12.6. The number of nitrogens with one attached hydrogen (secondary N) is 1. The molecule has 0 radical (unpaired) electrons. The van der Waals surface area contributed by atoms with Crippen molar-refractivity contribution in [1.29, 1.82) is 0 Å². The van der Waals surface area contributed by atoms with Gasteiger partial charge in [0.1, 0.15) is 5.60 Å². The van der Waals surface area contributed by atoms with Crippen molar-refractivity contribution in [1.82, 2.24) is 20.0 Å². The van der Waals surface area contributed by atoms with Gasteiger partial charge in [0.15, 0.2) is 5.17 Å². The number of carbonyl (C=O) groups is 2. The Hall–Kier alpha value is -3.55. The van der Waals surface area contributed by atoms with Gasteiger partial charge in [-0.15, -0.1) is 0 Å². The lowest BCUT2D eigenvalue weighted by Gasteiger charge is -2.41. The molecule has 0 aliphatic carbocycles. The van der Waals surface area contributed by atoms with Crippen molar-refractivity contribution in [2.24, 2.45) is 4.99 Å². The van der Waals surface area contributed by atoms with E-state index in [2.05, 4.69) is 15.2 Å². The van der Waals surface area contributed by atoms with Gasteiger partial charge >= 0.3 is 12.3 Å². The number of H-pyrrole nitrogens is 1. The molecule has 1 saturated heterocycles. The summed E-state index contributed by atoms with van der Waals surface area (Å²) in [4.78, 5) is 33.7. The lowest BCUT2D eigenvalue weighted by Crippen LogP contribution is -2.57. The number of allylic oxidation sites excluding steroid dienone is 1. The van der Waals surface area contributed by atoms with Crippen LogP contribution >= 0.6 is 23.4 Å². The van der Waals surface area contributed by atoms with Crippen LogP contribution in [0.15, 0.2) is 52.5 Å². The molecule has 2 aromatic carbocycles. The van der Waals surface area contributed by atoms with Gasteiger partial charge in [-0.1, -0.05) is 23.7 Å². The number of amidine groups is 1. The number of aliphatic hydroxyl groups excluding tert-OH is 1. The standard InChI is InChI=1S/C29H29ClF3N5O4S/c1-28(2,3)42-27(41)37-8-9-38(20(14-37)15-39)26-35-25(40)24(43-26)21(16-5-7-23-18(10-16)13-34-36-23)11-17-4-6-19(30)12-22(17)29(31,32)33/h4-7,10,12-13,20,39H,8-9,11,14-15H2,1-3H3,(H,34,36). The van der Waals surface area contributed by atoms with Crippen LogP contribution in [-0.2, 0) is 22.1 Å². The normalized spacial score (nSPS) is 19.2. The van der Waals surface area contributed by atoms with E-state index in [-0.39, 0.29) is 48.2 Å². The number of benzene rings is 2. The van der Waals surface area contributed by atoms with Crippen molar-refractivity contribution in [2.75, 3.05) is 26.2 Å². The number of hydrogen-bond donors (Lipinski definition) is 2. The Balaban J connectivity index is 1.49. The van der Waals surface area contributed by atoms with E-state index in [1.807, 2.05) is 0 Å². The van der Waals surface area contributed by atoms with E-state index in [9.17, 15) is 27.9 Å². The van der Waals surface area contributed by atoms with Crippen LogP contribution in [0.2, 0.25) is 5.02 Å².